The van der Waals surface area contributed by atoms with Crippen molar-refractivity contribution < 1.29 is 19.1 Å². The molecule has 1 aliphatic rings. The molecule has 2 heterocycles. The Morgan fingerprint density at radius 1 is 1.20 bits per heavy atom. The van der Waals surface area contributed by atoms with Gasteiger partial charge in [-0.1, -0.05) is 18.2 Å². The van der Waals surface area contributed by atoms with Crippen LogP contribution in [0.2, 0.25) is 0 Å². The van der Waals surface area contributed by atoms with Crippen molar-refractivity contribution in [2.45, 2.75) is 26.9 Å². The van der Waals surface area contributed by atoms with Gasteiger partial charge in [-0.2, -0.15) is 0 Å². The number of para-hydroxylation sites is 1. The number of aryl methyl sites for hydroxylation is 2. The molecule has 6 nitrogen and oxygen atoms in total. The summed E-state index contributed by atoms with van der Waals surface area (Å²) in [6.45, 7) is 7.34. The van der Waals surface area contributed by atoms with E-state index in [-0.39, 0.29) is 5.91 Å². The summed E-state index contributed by atoms with van der Waals surface area (Å²) < 4.78 is 10.7. The summed E-state index contributed by atoms with van der Waals surface area (Å²) in [5.74, 6) is -0.705. The summed E-state index contributed by atoms with van der Waals surface area (Å²) in [6, 6.07) is 7.66. The molecule has 1 aromatic heterocycles. The van der Waals surface area contributed by atoms with E-state index >= 15 is 0 Å². The first-order chi connectivity index (χ1) is 12.0. The average Bonchev–Trinajstić information content (AvgIpc) is 2.61. The van der Waals surface area contributed by atoms with Crippen molar-refractivity contribution in [3.63, 3.8) is 0 Å². The van der Waals surface area contributed by atoms with Gasteiger partial charge < -0.3 is 14.4 Å². The number of ether oxygens (including phenoxy) is 2. The number of esters is 1. The zero-order valence-corrected chi connectivity index (χ0v) is 14.7. The first-order valence-corrected chi connectivity index (χ1v) is 8.42. The molecule has 0 N–H and O–H groups in total. The van der Waals surface area contributed by atoms with Gasteiger partial charge in [-0.3, -0.25) is 9.78 Å². The molecular weight excluding hydrogens is 320 g/mol. The molecule has 1 fully saturated rings. The molecular formula is C19H22N2O4. The number of carbonyl (C=O) groups excluding carboxylic acids is 2. The van der Waals surface area contributed by atoms with Crippen molar-refractivity contribution in [2.75, 3.05) is 26.3 Å². The molecule has 0 saturated carbocycles. The van der Waals surface area contributed by atoms with Gasteiger partial charge in [0.2, 0.25) is 0 Å². The van der Waals surface area contributed by atoms with Crippen LogP contribution < -0.4 is 0 Å². The molecule has 0 bridgehead atoms. The molecule has 2 aromatic rings. The lowest BCUT2D eigenvalue weighted by atomic mass is 10.0. The molecule has 25 heavy (non-hydrogen) atoms. The van der Waals surface area contributed by atoms with Crippen molar-refractivity contribution in [1.29, 1.82) is 0 Å². The van der Waals surface area contributed by atoms with E-state index in [1.54, 1.807) is 18.7 Å². The number of carbonyl (C=O) groups is 2. The summed E-state index contributed by atoms with van der Waals surface area (Å²) in [5, 5.41) is 0.909. The lowest BCUT2D eigenvalue weighted by Crippen LogP contribution is -2.46. The number of nitrogens with zero attached hydrogens (tertiary/aromatic N) is 2. The average molecular weight is 342 g/mol. The Balaban J connectivity index is 1.81. The fraction of sp³-hybridized carbons (Fsp3) is 0.421. The lowest BCUT2D eigenvalue weighted by Gasteiger charge is -2.29. The number of rotatable bonds is 3. The van der Waals surface area contributed by atoms with Crippen molar-refractivity contribution >= 4 is 22.8 Å². The fourth-order valence-corrected chi connectivity index (χ4v) is 3.14. The van der Waals surface area contributed by atoms with Crippen molar-refractivity contribution in [3.8, 4) is 0 Å². The maximum Gasteiger partial charge on any atom is 0.341 e. The fourth-order valence-electron chi connectivity index (χ4n) is 3.14. The summed E-state index contributed by atoms with van der Waals surface area (Å²) in [6.07, 6.45) is -0.837. The Bertz CT molecular complexity index is 812. The van der Waals surface area contributed by atoms with Gasteiger partial charge in [0.1, 0.15) is 0 Å². The highest BCUT2D eigenvalue weighted by atomic mass is 16.5. The standard InChI is InChI=1S/C19H22N2O4/c1-12-15-6-4-5-7-16(15)20-13(2)17(12)19(23)25-14(3)18(22)21-8-10-24-11-9-21/h4-7,14H,8-11H2,1-3H3. The van der Waals surface area contributed by atoms with Crippen LogP contribution in [0.3, 0.4) is 0 Å². The van der Waals surface area contributed by atoms with E-state index < -0.39 is 12.1 Å². The molecule has 6 heteroatoms. The topological polar surface area (TPSA) is 68.7 Å². The molecule has 1 unspecified atom stereocenters. The third-order valence-electron chi connectivity index (χ3n) is 4.49. The summed E-state index contributed by atoms with van der Waals surface area (Å²) in [7, 11) is 0. The number of hydrogen-bond acceptors (Lipinski definition) is 5. The van der Waals surface area contributed by atoms with Gasteiger partial charge >= 0.3 is 5.97 Å². The molecule has 0 spiro atoms. The zero-order valence-electron chi connectivity index (χ0n) is 14.7. The molecule has 0 radical (unpaired) electrons. The van der Waals surface area contributed by atoms with Crippen LogP contribution in [0.4, 0.5) is 0 Å². The van der Waals surface area contributed by atoms with E-state index in [0.717, 1.165) is 16.5 Å². The maximum absolute atomic E-state index is 12.7. The van der Waals surface area contributed by atoms with Gasteiger partial charge in [-0.05, 0) is 32.4 Å². The second-order valence-corrected chi connectivity index (χ2v) is 6.20. The third-order valence-corrected chi connectivity index (χ3v) is 4.49. The molecule has 0 aliphatic carbocycles. The Hall–Kier alpha value is -2.47. The normalized spacial score (nSPS) is 15.9. The van der Waals surface area contributed by atoms with Crippen LogP contribution in [-0.2, 0) is 14.3 Å². The van der Waals surface area contributed by atoms with Crippen LogP contribution in [-0.4, -0.2) is 54.2 Å². The number of pyridine rings is 1. The number of amides is 1. The first-order valence-electron chi connectivity index (χ1n) is 8.42. The Morgan fingerprint density at radius 3 is 2.60 bits per heavy atom. The minimum absolute atomic E-state index is 0.194. The maximum atomic E-state index is 12.7. The molecule has 1 saturated heterocycles. The molecule has 3 rings (SSSR count). The van der Waals surface area contributed by atoms with Crippen LogP contribution >= 0.6 is 0 Å². The van der Waals surface area contributed by atoms with Crippen LogP contribution in [0.25, 0.3) is 10.9 Å². The molecule has 132 valence electrons. The van der Waals surface area contributed by atoms with Crippen LogP contribution in [0.1, 0.15) is 28.5 Å². The van der Waals surface area contributed by atoms with Crippen molar-refractivity contribution in [3.05, 3.63) is 41.1 Å². The van der Waals surface area contributed by atoms with Gasteiger partial charge in [-0.15, -0.1) is 0 Å². The zero-order chi connectivity index (χ0) is 18.0. The molecule has 1 atom stereocenters. The Morgan fingerprint density at radius 2 is 1.88 bits per heavy atom. The summed E-state index contributed by atoms with van der Waals surface area (Å²) in [5.41, 5.74) is 2.69. The number of morpholine rings is 1. The van der Waals surface area contributed by atoms with Gasteiger partial charge in [0.15, 0.2) is 6.10 Å². The van der Waals surface area contributed by atoms with Crippen LogP contribution in [0.5, 0.6) is 0 Å². The largest absolute Gasteiger partial charge is 0.449 e. The number of fused-ring (bicyclic) bond motifs is 1. The Kier molecular flexibility index (Phi) is 4.99. The highest BCUT2D eigenvalue weighted by molar-refractivity contribution is 5.99. The first kappa shape index (κ1) is 17.4. The molecule has 1 aromatic carbocycles. The predicted octanol–water partition coefficient (Wildman–Crippen LogP) is 2.26. The number of benzene rings is 1. The van der Waals surface area contributed by atoms with Gasteiger partial charge in [0.25, 0.3) is 5.91 Å². The van der Waals surface area contributed by atoms with E-state index in [1.165, 1.54) is 0 Å². The summed E-state index contributed by atoms with van der Waals surface area (Å²) in [4.78, 5) is 31.2. The van der Waals surface area contributed by atoms with E-state index in [4.69, 9.17) is 9.47 Å². The van der Waals surface area contributed by atoms with E-state index in [0.29, 0.717) is 37.6 Å². The second-order valence-electron chi connectivity index (χ2n) is 6.20. The second kappa shape index (κ2) is 7.19. The monoisotopic (exact) mass is 342 g/mol. The molecule has 1 amide bonds. The number of aromatic nitrogens is 1. The van der Waals surface area contributed by atoms with E-state index in [9.17, 15) is 9.59 Å². The van der Waals surface area contributed by atoms with Gasteiger partial charge in [-0.25, -0.2) is 4.79 Å². The highest BCUT2D eigenvalue weighted by Gasteiger charge is 2.27. The van der Waals surface area contributed by atoms with Gasteiger partial charge in [0.05, 0.1) is 30.0 Å². The van der Waals surface area contributed by atoms with E-state index in [2.05, 4.69) is 4.98 Å². The SMILES string of the molecule is Cc1nc2ccccc2c(C)c1C(=O)OC(C)C(=O)N1CCOCC1. The minimum atomic E-state index is -0.837. The van der Waals surface area contributed by atoms with Crippen molar-refractivity contribution in [1.82, 2.24) is 9.88 Å². The van der Waals surface area contributed by atoms with Crippen molar-refractivity contribution in [2.24, 2.45) is 0 Å². The molecule has 1 aliphatic heterocycles. The van der Waals surface area contributed by atoms with E-state index in [1.807, 2.05) is 31.2 Å². The van der Waals surface area contributed by atoms with Crippen LogP contribution in [0.15, 0.2) is 24.3 Å². The van der Waals surface area contributed by atoms with Crippen LogP contribution in [0, 0.1) is 13.8 Å². The lowest BCUT2D eigenvalue weighted by molar-refractivity contribution is -0.143. The minimum Gasteiger partial charge on any atom is -0.449 e. The Labute approximate surface area is 146 Å². The van der Waals surface area contributed by atoms with Gasteiger partial charge in [0, 0.05) is 18.5 Å². The smallest absolute Gasteiger partial charge is 0.341 e. The number of hydrogen-bond donors (Lipinski definition) is 0. The predicted molar refractivity (Wildman–Crippen MR) is 93.5 cm³/mol. The summed E-state index contributed by atoms with van der Waals surface area (Å²) >= 11 is 0. The third kappa shape index (κ3) is 3.49. The highest BCUT2D eigenvalue weighted by Crippen LogP contribution is 2.23. The quantitative estimate of drug-likeness (QED) is 0.800.